The van der Waals surface area contributed by atoms with Gasteiger partial charge in [0.05, 0.1) is 25.7 Å². The van der Waals surface area contributed by atoms with Crippen LogP contribution in [0.1, 0.15) is 20.3 Å². The van der Waals surface area contributed by atoms with Gasteiger partial charge in [-0.2, -0.15) is 0 Å². The molecule has 0 fully saturated rings. The van der Waals surface area contributed by atoms with E-state index in [1.54, 1.807) is 13.8 Å². The smallest absolute Gasteiger partial charge is 0.308 e. The number of nitrogens with one attached hydrogen (secondary N) is 1. The summed E-state index contributed by atoms with van der Waals surface area (Å²) in [6, 6.07) is -0.942. The van der Waals surface area contributed by atoms with Gasteiger partial charge in [-0.15, -0.1) is 0 Å². The quantitative estimate of drug-likeness (QED) is 0.381. The lowest BCUT2D eigenvalue weighted by molar-refractivity contribution is -0.148. The van der Waals surface area contributed by atoms with Gasteiger partial charge in [0.1, 0.15) is 12.6 Å². The number of nitrogens with two attached hydrogens (primary N) is 1. The molecular formula is C13H24N2O6. The lowest BCUT2D eigenvalue weighted by Gasteiger charge is -2.18. The second kappa shape index (κ2) is 11.0. The van der Waals surface area contributed by atoms with Crippen molar-refractivity contribution in [2.45, 2.75) is 26.3 Å². The Labute approximate surface area is 124 Å². The van der Waals surface area contributed by atoms with Crippen LogP contribution in [0.4, 0.5) is 0 Å². The summed E-state index contributed by atoms with van der Waals surface area (Å²) in [5.41, 5.74) is 5.22. The molecule has 0 rings (SSSR count). The van der Waals surface area contributed by atoms with Crippen molar-refractivity contribution in [1.82, 2.24) is 5.32 Å². The highest BCUT2D eigenvalue weighted by Crippen LogP contribution is 2.08. The largest absolute Gasteiger partial charge is 0.466 e. The Hall–Kier alpha value is -1.67. The fraction of sp³-hybridized carbons (Fsp3) is 0.769. The summed E-state index contributed by atoms with van der Waals surface area (Å²) >= 11 is 0. The molecule has 0 aliphatic rings. The molecule has 0 radical (unpaired) electrons. The van der Waals surface area contributed by atoms with E-state index in [0.717, 1.165) is 0 Å². The van der Waals surface area contributed by atoms with Gasteiger partial charge in [0.15, 0.2) is 0 Å². The lowest BCUT2D eigenvalue weighted by Crippen LogP contribution is -2.47. The average molecular weight is 304 g/mol. The Morgan fingerprint density at radius 1 is 1.24 bits per heavy atom. The van der Waals surface area contributed by atoms with Gasteiger partial charge in [-0.1, -0.05) is 6.92 Å². The summed E-state index contributed by atoms with van der Waals surface area (Å²) in [4.78, 5) is 34.4. The molecule has 3 N–H and O–H groups in total. The van der Waals surface area contributed by atoms with Crippen LogP contribution in [0.15, 0.2) is 0 Å². The van der Waals surface area contributed by atoms with Crippen LogP contribution in [0.3, 0.4) is 0 Å². The van der Waals surface area contributed by atoms with Gasteiger partial charge >= 0.3 is 5.97 Å². The molecule has 0 heterocycles. The van der Waals surface area contributed by atoms with Crippen molar-refractivity contribution in [3.05, 3.63) is 0 Å². The Kier molecular flexibility index (Phi) is 10.2. The van der Waals surface area contributed by atoms with Crippen molar-refractivity contribution >= 4 is 17.8 Å². The highest BCUT2D eigenvalue weighted by atomic mass is 16.5. The van der Waals surface area contributed by atoms with E-state index in [-0.39, 0.29) is 26.2 Å². The van der Waals surface area contributed by atoms with Gasteiger partial charge in [0, 0.05) is 7.11 Å². The summed E-state index contributed by atoms with van der Waals surface area (Å²) < 4.78 is 14.6. The Morgan fingerprint density at radius 2 is 1.90 bits per heavy atom. The molecular weight excluding hydrogens is 280 g/mol. The molecule has 0 aromatic carbocycles. The van der Waals surface area contributed by atoms with Crippen molar-refractivity contribution in [1.29, 1.82) is 0 Å². The van der Waals surface area contributed by atoms with E-state index in [1.807, 2.05) is 0 Å². The van der Waals surface area contributed by atoms with Gasteiger partial charge in [-0.05, 0) is 13.3 Å². The third-order valence-electron chi connectivity index (χ3n) is 2.62. The van der Waals surface area contributed by atoms with Crippen molar-refractivity contribution < 1.29 is 28.6 Å². The SMILES string of the molecule is CCOC(=O)[C@@H](C)C[C@@H](NC(=O)COCCOC)C(N)=O. The summed E-state index contributed by atoms with van der Waals surface area (Å²) in [5.74, 6) is -2.17. The van der Waals surface area contributed by atoms with Gasteiger partial charge in [0.2, 0.25) is 11.8 Å². The summed E-state index contributed by atoms with van der Waals surface area (Å²) in [6.45, 7) is 3.98. The lowest BCUT2D eigenvalue weighted by atomic mass is 10.0. The standard InChI is InChI=1S/C13H24N2O6/c1-4-21-13(18)9(2)7-10(12(14)17)15-11(16)8-20-6-5-19-3/h9-10H,4-8H2,1-3H3,(H2,14,17)(H,15,16)/t9-,10+/m0/s1. The van der Waals surface area contributed by atoms with E-state index < -0.39 is 29.7 Å². The zero-order chi connectivity index (χ0) is 16.3. The number of hydrogen-bond donors (Lipinski definition) is 2. The molecule has 0 unspecified atom stereocenters. The third kappa shape index (κ3) is 8.98. The van der Waals surface area contributed by atoms with E-state index in [0.29, 0.717) is 6.61 Å². The van der Waals surface area contributed by atoms with Crippen molar-refractivity contribution in [3.8, 4) is 0 Å². The van der Waals surface area contributed by atoms with Crippen LogP contribution in [0.2, 0.25) is 0 Å². The molecule has 21 heavy (non-hydrogen) atoms. The molecule has 0 saturated heterocycles. The Bertz CT molecular complexity index is 348. The first-order chi connectivity index (χ1) is 9.92. The van der Waals surface area contributed by atoms with Crippen LogP contribution >= 0.6 is 0 Å². The molecule has 2 atom stereocenters. The van der Waals surface area contributed by atoms with Crippen LogP contribution in [0, 0.1) is 5.92 Å². The second-order valence-electron chi connectivity index (χ2n) is 4.46. The number of esters is 1. The number of ether oxygens (including phenoxy) is 3. The number of primary amides is 1. The van der Waals surface area contributed by atoms with Crippen LogP contribution in [0.5, 0.6) is 0 Å². The van der Waals surface area contributed by atoms with E-state index in [2.05, 4.69) is 5.32 Å². The van der Waals surface area contributed by atoms with Crippen molar-refractivity contribution in [2.24, 2.45) is 11.7 Å². The van der Waals surface area contributed by atoms with Crippen LogP contribution in [-0.4, -0.2) is 57.4 Å². The number of carbonyl (C=O) groups is 3. The molecule has 0 aromatic heterocycles. The Morgan fingerprint density at radius 3 is 2.43 bits per heavy atom. The van der Waals surface area contributed by atoms with Gasteiger partial charge in [-0.3, -0.25) is 14.4 Å². The average Bonchev–Trinajstić information content (AvgIpc) is 2.42. The van der Waals surface area contributed by atoms with E-state index >= 15 is 0 Å². The molecule has 0 aromatic rings. The molecule has 0 aliphatic heterocycles. The number of carbonyl (C=O) groups excluding carboxylic acids is 3. The minimum Gasteiger partial charge on any atom is -0.466 e. The fourth-order valence-corrected chi connectivity index (χ4v) is 1.52. The molecule has 0 saturated carbocycles. The van der Waals surface area contributed by atoms with Gasteiger partial charge < -0.3 is 25.3 Å². The predicted molar refractivity (Wildman–Crippen MR) is 74.2 cm³/mol. The van der Waals surface area contributed by atoms with Crippen molar-refractivity contribution in [3.63, 3.8) is 0 Å². The molecule has 0 aliphatic carbocycles. The van der Waals surface area contributed by atoms with Crippen LogP contribution in [-0.2, 0) is 28.6 Å². The fourth-order valence-electron chi connectivity index (χ4n) is 1.52. The predicted octanol–water partition coefficient (Wildman–Crippen LogP) is -0.791. The second-order valence-corrected chi connectivity index (χ2v) is 4.46. The van der Waals surface area contributed by atoms with Crippen LogP contribution < -0.4 is 11.1 Å². The van der Waals surface area contributed by atoms with Gasteiger partial charge in [-0.25, -0.2) is 0 Å². The topological polar surface area (TPSA) is 117 Å². The molecule has 2 amide bonds. The summed E-state index contributed by atoms with van der Waals surface area (Å²) in [7, 11) is 1.52. The van der Waals surface area contributed by atoms with Gasteiger partial charge in [0.25, 0.3) is 0 Å². The first kappa shape index (κ1) is 19.3. The van der Waals surface area contributed by atoms with E-state index in [1.165, 1.54) is 7.11 Å². The molecule has 8 heteroatoms. The zero-order valence-corrected chi connectivity index (χ0v) is 12.7. The highest BCUT2D eigenvalue weighted by Gasteiger charge is 2.25. The number of methoxy groups -OCH3 is 1. The maximum Gasteiger partial charge on any atom is 0.308 e. The normalized spacial score (nSPS) is 13.3. The molecule has 122 valence electrons. The maximum absolute atomic E-state index is 11.6. The van der Waals surface area contributed by atoms with E-state index in [9.17, 15) is 14.4 Å². The third-order valence-corrected chi connectivity index (χ3v) is 2.62. The minimum atomic E-state index is -0.942. The van der Waals surface area contributed by atoms with E-state index in [4.69, 9.17) is 19.9 Å². The van der Waals surface area contributed by atoms with Crippen molar-refractivity contribution in [2.75, 3.05) is 33.5 Å². The first-order valence-corrected chi connectivity index (χ1v) is 6.74. The zero-order valence-electron chi connectivity index (χ0n) is 12.7. The summed E-state index contributed by atoms with van der Waals surface area (Å²) in [6.07, 6.45) is 0.0813. The number of rotatable bonds is 11. The summed E-state index contributed by atoms with van der Waals surface area (Å²) in [5, 5.41) is 2.43. The highest BCUT2D eigenvalue weighted by molar-refractivity contribution is 5.87. The first-order valence-electron chi connectivity index (χ1n) is 6.74. The number of hydrogen-bond acceptors (Lipinski definition) is 6. The molecule has 8 nitrogen and oxygen atoms in total. The minimum absolute atomic E-state index is 0.0813. The molecule has 0 bridgehead atoms. The molecule has 0 spiro atoms. The van der Waals surface area contributed by atoms with Crippen LogP contribution in [0.25, 0.3) is 0 Å². The monoisotopic (exact) mass is 304 g/mol. The Balaban J connectivity index is 4.26. The number of amides is 2. The maximum atomic E-state index is 11.6.